The number of hydrogen-bond acceptors (Lipinski definition) is 2. The van der Waals surface area contributed by atoms with E-state index in [-0.39, 0.29) is 11.8 Å². The Hall–Kier alpha value is -0.360. The molecule has 0 heterocycles. The SMILES string of the molecule is CCCCCCOC1CCC(CCC2CCC(C3CCCC(C4CCC(CCC5CCC(OCCCCCC)C(F)C5F)CC4)C3)CC2)C(F)C1F. The zero-order valence-corrected chi connectivity index (χ0v) is 33.6. The van der Waals surface area contributed by atoms with Gasteiger partial charge in [-0.2, -0.15) is 0 Å². The van der Waals surface area contributed by atoms with Crippen molar-refractivity contribution in [2.24, 2.45) is 47.3 Å². The average Bonchev–Trinajstić information content (AvgIpc) is 3.17. The molecule has 52 heavy (non-hydrogen) atoms. The molecular weight excluding hydrogens is 660 g/mol. The van der Waals surface area contributed by atoms with E-state index < -0.39 is 36.9 Å². The van der Waals surface area contributed by atoms with Crippen LogP contribution in [0.3, 0.4) is 0 Å². The predicted molar refractivity (Wildman–Crippen MR) is 208 cm³/mol. The highest BCUT2D eigenvalue weighted by Gasteiger charge is 2.43. The van der Waals surface area contributed by atoms with Crippen LogP contribution < -0.4 is 0 Å². The van der Waals surface area contributed by atoms with Gasteiger partial charge in [-0.25, -0.2) is 17.6 Å². The van der Waals surface area contributed by atoms with Crippen LogP contribution in [0.25, 0.3) is 0 Å². The first-order chi connectivity index (χ1) is 25.4. The van der Waals surface area contributed by atoms with Crippen molar-refractivity contribution in [3.63, 3.8) is 0 Å². The van der Waals surface area contributed by atoms with Gasteiger partial charge in [0.25, 0.3) is 0 Å². The van der Waals surface area contributed by atoms with E-state index in [9.17, 15) is 8.78 Å². The normalized spacial score (nSPS) is 40.5. The molecular formula is C46H80F4O2. The van der Waals surface area contributed by atoms with Gasteiger partial charge in [0, 0.05) is 13.2 Å². The molecule has 0 amide bonds. The van der Waals surface area contributed by atoms with Gasteiger partial charge in [0.2, 0.25) is 0 Å². The van der Waals surface area contributed by atoms with Crippen molar-refractivity contribution < 1.29 is 27.0 Å². The molecule has 2 nitrogen and oxygen atoms in total. The lowest BCUT2D eigenvalue weighted by Crippen LogP contribution is -2.43. The maximum absolute atomic E-state index is 15.1. The quantitative estimate of drug-likeness (QED) is 0.0914. The van der Waals surface area contributed by atoms with Gasteiger partial charge in [-0.15, -0.1) is 0 Å². The molecule has 5 saturated carbocycles. The highest BCUT2D eigenvalue weighted by molar-refractivity contribution is 4.92. The summed E-state index contributed by atoms with van der Waals surface area (Å²) in [6.45, 7) is 5.49. The summed E-state index contributed by atoms with van der Waals surface area (Å²) >= 11 is 0. The smallest absolute Gasteiger partial charge is 0.157 e. The van der Waals surface area contributed by atoms with Gasteiger partial charge in [-0.05, 0) is 131 Å². The van der Waals surface area contributed by atoms with Crippen LogP contribution in [0, 0.1) is 47.3 Å². The van der Waals surface area contributed by atoms with Crippen molar-refractivity contribution in [3.8, 4) is 0 Å². The van der Waals surface area contributed by atoms with Crippen LogP contribution in [-0.4, -0.2) is 50.1 Å². The summed E-state index contributed by atoms with van der Waals surface area (Å²) in [5.41, 5.74) is 0. The number of hydrogen-bond donors (Lipinski definition) is 0. The first-order valence-electron chi connectivity index (χ1n) is 23.2. The molecule has 10 atom stereocenters. The van der Waals surface area contributed by atoms with E-state index in [0.717, 1.165) is 87.9 Å². The standard InChI is InChI=1S/C46H80F4O2/c1-3-5-7-9-30-51-41-28-26-37(43(47)45(41)49)24-18-33-14-20-35(21-15-33)39-12-11-13-40(32-39)36-22-16-34(17-23-36)19-25-38-27-29-42(46(50)44(38)48)52-31-10-8-6-4-2/h33-46H,3-32H2,1-2H3. The summed E-state index contributed by atoms with van der Waals surface area (Å²) in [6, 6.07) is 0. The van der Waals surface area contributed by atoms with Crippen molar-refractivity contribution >= 4 is 0 Å². The number of halogens is 4. The molecule has 0 aliphatic heterocycles. The van der Waals surface area contributed by atoms with Gasteiger partial charge in [-0.1, -0.05) is 110 Å². The minimum absolute atomic E-state index is 0.130. The molecule has 0 radical (unpaired) electrons. The molecule has 5 rings (SSSR count). The zero-order chi connectivity index (χ0) is 36.7. The Kier molecular flexibility index (Phi) is 18.9. The molecule has 304 valence electrons. The van der Waals surface area contributed by atoms with E-state index in [4.69, 9.17) is 9.47 Å². The van der Waals surface area contributed by atoms with Gasteiger partial charge in [0.1, 0.15) is 12.3 Å². The first kappa shape index (κ1) is 42.8. The lowest BCUT2D eigenvalue weighted by molar-refractivity contribution is -0.0770. The minimum Gasteiger partial charge on any atom is -0.375 e. The molecule has 0 N–H and O–H groups in total. The molecule has 0 saturated heterocycles. The predicted octanol–water partition coefficient (Wildman–Crippen LogP) is 14.1. The van der Waals surface area contributed by atoms with E-state index in [1.807, 2.05) is 0 Å². The first-order valence-corrected chi connectivity index (χ1v) is 23.2. The van der Waals surface area contributed by atoms with Crippen molar-refractivity contribution in [2.45, 2.75) is 231 Å². The molecule has 0 aromatic rings. The Bertz CT molecular complexity index is 863. The highest BCUT2D eigenvalue weighted by atomic mass is 19.2. The number of ether oxygens (including phenoxy) is 2. The van der Waals surface area contributed by atoms with Crippen LogP contribution in [0.1, 0.15) is 194 Å². The van der Waals surface area contributed by atoms with Crippen LogP contribution >= 0.6 is 0 Å². The van der Waals surface area contributed by atoms with Gasteiger partial charge in [-0.3, -0.25) is 0 Å². The Morgan fingerprint density at radius 3 is 1.23 bits per heavy atom. The maximum atomic E-state index is 15.1. The lowest BCUT2D eigenvalue weighted by atomic mass is 9.63. The van der Waals surface area contributed by atoms with Crippen molar-refractivity contribution in [1.82, 2.24) is 0 Å². The van der Waals surface area contributed by atoms with Gasteiger partial charge < -0.3 is 9.47 Å². The second-order valence-corrected chi connectivity index (χ2v) is 18.8. The van der Waals surface area contributed by atoms with E-state index in [2.05, 4.69) is 13.8 Å². The Morgan fingerprint density at radius 1 is 0.404 bits per heavy atom. The summed E-state index contributed by atoms with van der Waals surface area (Å²) in [5, 5.41) is 0. The average molecular weight is 741 g/mol. The molecule has 5 fully saturated rings. The molecule has 0 spiro atoms. The summed E-state index contributed by atoms with van der Waals surface area (Å²) in [6.07, 6.45) is 24.9. The second-order valence-electron chi connectivity index (χ2n) is 18.8. The van der Waals surface area contributed by atoms with Crippen LogP contribution in [0.2, 0.25) is 0 Å². The summed E-state index contributed by atoms with van der Waals surface area (Å²) in [4.78, 5) is 0. The summed E-state index contributed by atoms with van der Waals surface area (Å²) in [5.74, 6) is 4.60. The summed E-state index contributed by atoms with van der Waals surface area (Å²) in [7, 11) is 0. The van der Waals surface area contributed by atoms with Crippen molar-refractivity contribution in [2.75, 3.05) is 13.2 Å². The molecule has 0 bridgehead atoms. The third-order valence-corrected chi connectivity index (χ3v) is 15.3. The Balaban J connectivity index is 0.932. The molecule has 0 aromatic carbocycles. The fourth-order valence-corrected chi connectivity index (χ4v) is 11.7. The summed E-state index contributed by atoms with van der Waals surface area (Å²) < 4.78 is 71.7. The number of alkyl halides is 4. The van der Waals surface area contributed by atoms with Crippen molar-refractivity contribution in [3.05, 3.63) is 0 Å². The molecule has 5 aliphatic rings. The van der Waals surface area contributed by atoms with Crippen molar-refractivity contribution in [1.29, 1.82) is 0 Å². The van der Waals surface area contributed by atoms with E-state index in [1.165, 1.54) is 103 Å². The second kappa shape index (κ2) is 23.0. The zero-order valence-electron chi connectivity index (χ0n) is 33.6. The molecule has 10 unspecified atom stereocenters. The van der Waals surface area contributed by atoms with E-state index >= 15 is 8.78 Å². The molecule has 5 aliphatic carbocycles. The monoisotopic (exact) mass is 741 g/mol. The fourth-order valence-electron chi connectivity index (χ4n) is 11.7. The minimum atomic E-state index is -1.45. The van der Waals surface area contributed by atoms with E-state index in [0.29, 0.717) is 37.9 Å². The maximum Gasteiger partial charge on any atom is 0.157 e. The van der Waals surface area contributed by atoms with Gasteiger partial charge in [0.15, 0.2) is 12.3 Å². The number of unbranched alkanes of at least 4 members (excludes halogenated alkanes) is 6. The van der Waals surface area contributed by atoms with Crippen LogP contribution in [-0.2, 0) is 9.47 Å². The fraction of sp³-hybridized carbons (Fsp3) is 1.00. The Labute approximate surface area is 317 Å². The third kappa shape index (κ3) is 12.8. The van der Waals surface area contributed by atoms with Gasteiger partial charge >= 0.3 is 0 Å². The Morgan fingerprint density at radius 2 is 0.827 bits per heavy atom. The largest absolute Gasteiger partial charge is 0.375 e. The number of rotatable bonds is 20. The third-order valence-electron chi connectivity index (χ3n) is 15.3. The molecule has 6 heteroatoms. The topological polar surface area (TPSA) is 18.5 Å². The lowest BCUT2D eigenvalue weighted by Gasteiger charge is -2.42. The van der Waals surface area contributed by atoms with Crippen LogP contribution in [0.4, 0.5) is 17.6 Å². The van der Waals surface area contributed by atoms with Crippen LogP contribution in [0.5, 0.6) is 0 Å². The molecule has 0 aromatic heterocycles. The van der Waals surface area contributed by atoms with Gasteiger partial charge in [0.05, 0.1) is 12.2 Å². The van der Waals surface area contributed by atoms with E-state index in [1.54, 1.807) is 0 Å². The highest BCUT2D eigenvalue weighted by Crippen LogP contribution is 2.48. The van der Waals surface area contributed by atoms with Crippen LogP contribution in [0.15, 0.2) is 0 Å².